The van der Waals surface area contributed by atoms with Crippen molar-refractivity contribution in [3.05, 3.63) is 11.1 Å². The van der Waals surface area contributed by atoms with E-state index in [1.165, 1.54) is 23.5 Å². The molecule has 1 saturated heterocycles. The molecule has 0 spiro atoms. The second-order valence-electron chi connectivity index (χ2n) is 4.55. The van der Waals surface area contributed by atoms with Crippen LogP contribution in [0.5, 0.6) is 0 Å². The van der Waals surface area contributed by atoms with Crippen LogP contribution in [0.25, 0.3) is 0 Å². The number of ketones is 1. The Labute approximate surface area is 112 Å². The molecule has 0 saturated carbocycles. The molecule has 4 heteroatoms. The average molecular weight is 272 g/mol. The summed E-state index contributed by atoms with van der Waals surface area (Å²) < 4.78 is 0.0758. The maximum absolute atomic E-state index is 11.9. The molecule has 96 valence electrons. The molecule has 0 atom stereocenters. The van der Waals surface area contributed by atoms with Crippen LogP contribution in [0.4, 0.5) is 0 Å². The van der Waals surface area contributed by atoms with Gasteiger partial charge in [-0.15, -0.1) is 23.5 Å². The topological polar surface area (TPSA) is 37.3 Å². The van der Waals surface area contributed by atoms with Crippen LogP contribution in [0, 0.1) is 0 Å². The van der Waals surface area contributed by atoms with Crippen LogP contribution in [-0.4, -0.2) is 33.1 Å². The van der Waals surface area contributed by atoms with Crippen LogP contribution < -0.4 is 0 Å². The van der Waals surface area contributed by atoms with Crippen LogP contribution in [0.1, 0.15) is 39.0 Å². The van der Waals surface area contributed by atoms with Crippen molar-refractivity contribution in [3.63, 3.8) is 0 Å². The van der Waals surface area contributed by atoms with Gasteiger partial charge < -0.3 is 5.11 Å². The third-order valence-electron chi connectivity index (χ3n) is 3.57. The number of Topliss-reactive ketones (excluding diaryl/α,β-unsaturated/α-hetero) is 1. The first-order chi connectivity index (χ1) is 8.23. The first-order valence-electron chi connectivity index (χ1n) is 6.38. The molecule has 1 aliphatic carbocycles. The Bertz CT molecular complexity index is 330. The molecule has 1 heterocycles. The van der Waals surface area contributed by atoms with E-state index in [4.69, 9.17) is 0 Å². The van der Waals surface area contributed by atoms with Crippen LogP contribution in [0.3, 0.4) is 0 Å². The van der Waals surface area contributed by atoms with Gasteiger partial charge in [0.05, 0.1) is 10.7 Å². The smallest absolute Gasteiger partial charge is 0.161 e. The van der Waals surface area contributed by atoms with Crippen molar-refractivity contribution >= 4 is 29.3 Å². The Kier molecular flexibility index (Phi) is 4.61. The number of hydrogen-bond acceptors (Lipinski definition) is 4. The largest absolute Gasteiger partial charge is 0.392 e. The van der Waals surface area contributed by atoms with Crippen molar-refractivity contribution in [3.8, 4) is 0 Å². The van der Waals surface area contributed by atoms with E-state index in [9.17, 15) is 9.90 Å². The van der Waals surface area contributed by atoms with Gasteiger partial charge in [-0.3, -0.25) is 4.79 Å². The van der Waals surface area contributed by atoms with Crippen LogP contribution in [0.2, 0.25) is 0 Å². The third kappa shape index (κ3) is 2.59. The second-order valence-corrected chi connectivity index (χ2v) is 7.60. The minimum absolute atomic E-state index is 0.0724. The van der Waals surface area contributed by atoms with Gasteiger partial charge in [0, 0.05) is 12.0 Å². The molecule has 1 N–H and O–H groups in total. The van der Waals surface area contributed by atoms with Crippen molar-refractivity contribution in [1.82, 2.24) is 0 Å². The standard InChI is InChI=1S/C13H20O2S2/c1-2-13(16-7-4-8-17-13)11-5-3-6-12(15)10(11)9-14/h14H,2-9H2,1H3. The molecule has 2 rings (SSSR count). The van der Waals surface area contributed by atoms with E-state index in [0.29, 0.717) is 6.42 Å². The predicted molar refractivity (Wildman–Crippen MR) is 75.5 cm³/mol. The summed E-state index contributed by atoms with van der Waals surface area (Å²) in [5.41, 5.74) is 1.97. The summed E-state index contributed by atoms with van der Waals surface area (Å²) in [5.74, 6) is 2.53. The fourth-order valence-corrected chi connectivity index (χ4v) is 6.13. The molecule has 17 heavy (non-hydrogen) atoms. The quantitative estimate of drug-likeness (QED) is 0.857. The third-order valence-corrected chi connectivity index (χ3v) is 7.27. The van der Waals surface area contributed by atoms with E-state index >= 15 is 0 Å². The van der Waals surface area contributed by atoms with Gasteiger partial charge in [-0.25, -0.2) is 0 Å². The Hall–Kier alpha value is 0.0700. The summed E-state index contributed by atoms with van der Waals surface area (Å²) in [6.45, 7) is 2.13. The molecule has 0 aromatic heterocycles. The second kappa shape index (κ2) is 5.81. The molecule has 1 aliphatic heterocycles. The Morgan fingerprint density at radius 2 is 1.94 bits per heavy atom. The lowest BCUT2D eigenvalue weighted by molar-refractivity contribution is -0.116. The van der Waals surface area contributed by atoms with Gasteiger partial charge in [0.2, 0.25) is 0 Å². The lowest BCUT2D eigenvalue weighted by atomic mass is 9.88. The van der Waals surface area contributed by atoms with E-state index in [0.717, 1.165) is 24.8 Å². The van der Waals surface area contributed by atoms with Gasteiger partial charge in [-0.1, -0.05) is 6.92 Å². The lowest BCUT2D eigenvalue weighted by Crippen LogP contribution is -2.32. The predicted octanol–water partition coefficient (Wildman–Crippen LogP) is 3.00. The summed E-state index contributed by atoms with van der Waals surface area (Å²) >= 11 is 3.96. The number of carbonyl (C=O) groups is 1. The van der Waals surface area contributed by atoms with Crippen molar-refractivity contribution in [2.24, 2.45) is 0 Å². The number of carbonyl (C=O) groups excluding carboxylic acids is 1. The minimum atomic E-state index is -0.0724. The molecule has 1 fully saturated rings. The number of aliphatic hydroxyl groups is 1. The Morgan fingerprint density at radius 1 is 1.24 bits per heavy atom. The maximum atomic E-state index is 11.9. The molecule has 0 unspecified atom stereocenters. The van der Waals surface area contributed by atoms with Gasteiger partial charge in [-0.05, 0) is 42.8 Å². The Morgan fingerprint density at radius 3 is 2.53 bits per heavy atom. The van der Waals surface area contributed by atoms with E-state index in [-0.39, 0.29) is 16.5 Å². The fourth-order valence-electron chi connectivity index (χ4n) is 2.67. The molecule has 0 radical (unpaired) electrons. The molecule has 2 nitrogen and oxygen atoms in total. The molecule has 0 aromatic rings. The van der Waals surface area contributed by atoms with E-state index in [1.807, 2.05) is 23.5 Å². The zero-order chi connectivity index (χ0) is 12.3. The Balaban J connectivity index is 2.36. The number of thioether (sulfide) groups is 2. The first-order valence-corrected chi connectivity index (χ1v) is 8.35. The van der Waals surface area contributed by atoms with E-state index < -0.39 is 0 Å². The van der Waals surface area contributed by atoms with Gasteiger partial charge in [-0.2, -0.15) is 0 Å². The lowest BCUT2D eigenvalue weighted by Gasteiger charge is -2.40. The molecular formula is C13H20O2S2. The van der Waals surface area contributed by atoms with Crippen molar-refractivity contribution in [1.29, 1.82) is 0 Å². The van der Waals surface area contributed by atoms with Gasteiger partial charge >= 0.3 is 0 Å². The van der Waals surface area contributed by atoms with Gasteiger partial charge in [0.25, 0.3) is 0 Å². The molecule has 2 aliphatic rings. The number of aliphatic hydroxyl groups excluding tert-OH is 1. The highest BCUT2D eigenvalue weighted by Gasteiger charge is 2.39. The zero-order valence-corrected chi connectivity index (χ0v) is 12.0. The van der Waals surface area contributed by atoms with Crippen molar-refractivity contribution in [2.75, 3.05) is 18.1 Å². The fraction of sp³-hybridized carbons (Fsp3) is 0.769. The highest BCUT2D eigenvalue weighted by molar-refractivity contribution is 8.19. The maximum Gasteiger partial charge on any atom is 0.161 e. The first kappa shape index (κ1) is 13.5. The summed E-state index contributed by atoms with van der Waals surface area (Å²) in [7, 11) is 0. The van der Waals surface area contributed by atoms with Gasteiger partial charge in [0.1, 0.15) is 0 Å². The van der Waals surface area contributed by atoms with E-state index in [1.54, 1.807) is 0 Å². The molecule has 0 amide bonds. The highest BCUT2D eigenvalue weighted by Crippen LogP contribution is 2.52. The van der Waals surface area contributed by atoms with Crippen LogP contribution in [0.15, 0.2) is 11.1 Å². The van der Waals surface area contributed by atoms with Gasteiger partial charge in [0.15, 0.2) is 5.78 Å². The number of hydrogen-bond donors (Lipinski definition) is 1. The van der Waals surface area contributed by atoms with E-state index in [2.05, 4.69) is 6.92 Å². The minimum Gasteiger partial charge on any atom is -0.392 e. The summed E-state index contributed by atoms with van der Waals surface area (Å²) in [6.07, 6.45) is 4.88. The molecule has 0 bridgehead atoms. The van der Waals surface area contributed by atoms with Crippen LogP contribution in [-0.2, 0) is 4.79 Å². The van der Waals surface area contributed by atoms with Crippen LogP contribution >= 0.6 is 23.5 Å². The normalized spacial score (nSPS) is 25.2. The summed E-state index contributed by atoms with van der Waals surface area (Å²) in [5, 5.41) is 9.48. The monoisotopic (exact) mass is 272 g/mol. The summed E-state index contributed by atoms with van der Waals surface area (Å²) in [4.78, 5) is 11.9. The zero-order valence-electron chi connectivity index (χ0n) is 10.3. The van der Waals surface area contributed by atoms with Crippen molar-refractivity contribution in [2.45, 2.75) is 43.1 Å². The van der Waals surface area contributed by atoms with Crippen molar-refractivity contribution < 1.29 is 9.90 Å². The average Bonchev–Trinajstić information content (AvgIpc) is 2.39. The molecular weight excluding hydrogens is 252 g/mol. The number of rotatable bonds is 3. The molecule has 0 aromatic carbocycles. The SMILES string of the molecule is CCC1(C2=C(CO)C(=O)CCC2)SCCCS1. The summed E-state index contributed by atoms with van der Waals surface area (Å²) in [6, 6.07) is 0. The highest BCUT2D eigenvalue weighted by atomic mass is 32.2.